The molecule has 1 aromatic carbocycles. The summed E-state index contributed by atoms with van der Waals surface area (Å²) in [4.78, 5) is 3.80. The molecule has 0 saturated carbocycles. The number of nitriles is 2. The molecule has 0 aliphatic heterocycles. The van der Waals surface area contributed by atoms with Crippen molar-refractivity contribution >= 4 is 0 Å². The average molecular weight is 204 g/mol. The van der Waals surface area contributed by atoms with Crippen LogP contribution in [0, 0.1) is 28.9 Å². The minimum Gasteiger partial charge on any atom is -0.255 e. The fourth-order valence-electron chi connectivity index (χ4n) is 1.44. The van der Waals surface area contributed by atoms with Gasteiger partial charge in [0, 0.05) is 6.20 Å². The topological polar surface area (TPSA) is 60.5 Å². The van der Waals surface area contributed by atoms with Crippen molar-refractivity contribution in [3.63, 3.8) is 0 Å². The van der Waals surface area contributed by atoms with Gasteiger partial charge < -0.3 is 0 Å². The number of rotatable bonds is 1. The number of hydrogen-bond donors (Lipinski definition) is 0. The second kappa shape index (κ2) is 4.25. The monoisotopic (exact) mass is 204 g/mol. The molecule has 2 rings (SSSR count). The van der Waals surface area contributed by atoms with Gasteiger partial charge in [-0.2, -0.15) is 10.5 Å². The molecule has 0 saturated heterocycles. The fraction of sp³-hybridized carbons (Fsp3) is 0. The first-order valence-electron chi connectivity index (χ1n) is 4.62. The Labute approximate surface area is 93.2 Å². The number of hydrogen-bond acceptors (Lipinski definition) is 3. The predicted molar refractivity (Wildman–Crippen MR) is 57.9 cm³/mol. The molecule has 2 aromatic rings. The second-order valence-electron chi connectivity index (χ2n) is 3.16. The highest BCUT2D eigenvalue weighted by atomic mass is 14.6. The highest BCUT2D eigenvalue weighted by Gasteiger charge is 2.05. The first-order chi connectivity index (χ1) is 7.85. The highest BCUT2D eigenvalue weighted by Crippen LogP contribution is 2.23. The van der Waals surface area contributed by atoms with E-state index in [0.717, 1.165) is 11.1 Å². The molecule has 1 aromatic heterocycles. The fourth-order valence-corrected chi connectivity index (χ4v) is 1.44. The molecule has 73 valence electrons. The van der Waals surface area contributed by atoms with E-state index in [1.807, 2.05) is 6.07 Å². The number of pyridine rings is 1. The molecule has 0 bridgehead atoms. The van der Waals surface area contributed by atoms with Crippen molar-refractivity contribution in [1.82, 2.24) is 4.98 Å². The summed E-state index contributed by atoms with van der Waals surface area (Å²) in [5.74, 6) is 0. The van der Waals surface area contributed by atoms with Crippen LogP contribution in [0.15, 0.2) is 36.5 Å². The van der Waals surface area contributed by atoms with Gasteiger partial charge in [0.05, 0.1) is 29.5 Å². The van der Waals surface area contributed by atoms with Gasteiger partial charge in [-0.15, -0.1) is 0 Å². The number of nitrogens with zero attached hydrogens (tertiary/aromatic N) is 3. The lowest BCUT2D eigenvalue weighted by Crippen LogP contribution is -1.86. The van der Waals surface area contributed by atoms with Crippen LogP contribution < -0.4 is 0 Å². The summed E-state index contributed by atoms with van der Waals surface area (Å²) < 4.78 is 0. The van der Waals surface area contributed by atoms with Gasteiger partial charge in [0.1, 0.15) is 0 Å². The van der Waals surface area contributed by atoms with Crippen LogP contribution in [0.2, 0.25) is 0 Å². The highest BCUT2D eigenvalue weighted by molar-refractivity contribution is 5.71. The van der Waals surface area contributed by atoms with E-state index in [1.165, 1.54) is 0 Å². The molecule has 0 N–H and O–H groups in total. The van der Waals surface area contributed by atoms with E-state index in [4.69, 9.17) is 10.5 Å². The molecule has 16 heavy (non-hydrogen) atoms. The lowest BCUT2D eigenvalue weighted by Gasteiger charge is -2.03. The van der Waals surface area contributed by atoms with Crippen molar-refractivity contribution in [2.75, 3.05) is 0 Å². The molecule has 0 unspecified atom stereocenters. The van der Waals surface area contributed by atoms with Gasteiger partial charge in [-0.25, -0.2) is 0 Å². The number of aromatic nitrogens is 1. The smallest absolute Gasteiger partial charge is 0.0998 e. The van der Waals surface area contributed by atoms with Crippen molar-refractivity contribution in [1.29, 1.82) is 10.5 Å². The van der Waals surface area contributed by atoms with Crippen molar-refractivity contribution in [3.05, 3.63) is 53.9 Å². The predicted octanol–water partition coefficient (Wildman–Crippen LogP) is 2.29. The van der Waals surface area contributed by atoms with Crippen molar-refractivity contribution in [2.24, 2.45) is 0 Å². The normalized spacial score (nSPS) is 9.12. The molecule has 0 amide bonds. The molecule has 1 heterocycles. The van der Waals surface area contributed by atoms with Crippen LogP contribution in [0.4, 0.5) is 0 Å². The quantitative estimate of drug-likeness (QED) is 0.716. The lowest BCUT2D eigenvalue weighted by atomic mass is 9.99. The maximum Gasteiger partial charge on any atom is 0.0998 e. The molecule has 1 radical (unpaired) electrons. The standard InChI is InChI=1S/C13H6N3/c14-8-10-1-2-13(12(7-10)9-15)11-3-5-16-6-4-11/h1-5,7H. The maximum atomic E-state index is 9.01. The average Bonchev–Trinajstić information content (AvgIpc) is 2.39. The van der Waals surface area contributed by atoms with Crippen LogP contribution in [-0.2, 0) is 0 Å². The summed E-state index contributed by atoms with van der Waals surface area (Å²) in [5, 5.41) is 17.8. The van der Waals surface area contributed by atoms with E-state index in [2.05, 4.69) is 17.3 Å². The van der Waals surface area contributed by atoms with Gasteiger partial charge >= 0.3 is 0 Å². The third-order valence-electron chi connectivity index (χ3n) is 2.20. The summed E-state index contributed by atoms with van der Waals surface area (Å²) in [6, 6.07) is 12.6. The van der Waals surface area contributed by atoms with Crippen LogP contribution in [0.5, 0.6) is 0 Å². The lowest BCUT2D eigenvalue weighted by molar-refractivity contribution is 1.31. The van der Waals surface area contributed by atoms with E-state index in [9.17, 15) is 0 Å². The van der Waals surface area contributed by atoms with Gasteiger partial charge in [-0.1, -0.05) is 6.07 Å². The summed E-state index contributed by atoms with van der Waals surface area (Å²) in [7, 11) is 0. The number of benzene rings is 1. The first kappa shape index (κ1) is 9.89. The zero-order valence-electron chi connectivity index (χ0n) is 8.31. The zero-order chi connectivity index (χ0) is 11.4. The van der Waals surface area contributed by atoms with Crippen molar-refractivity contribution < 1.29 is 0 Å². The van der Waals surface area contributed by atoms with Crippen LogP contribution in [0.3, 0.4) is 0 Å². The van der Waals surface area contributed by atoms with Crippen molar-refractivity contribution in [2.45, 2.75) is 0 Å². The molecule has 0 aliphatic rings. The Balaban J connectivity index is 2.60. The summed E-state index contributed by atoms with van der Waals surface area (Å²) in [6.07, 6.45) is 4.33. The Morgan fingerprint density at radius 2 is 2.00 bits per heavy atom. The van der Waals surface area contributed by atoms with E-state index >= 15 is 0 Å². The minimum atomic E-state index is 0.485. The molecule has 3 heteroatoms. The Hall–Kier alpha value is -2.65. The molecular weight excluding hydrogens is 198 g/mol. The third-order valence-corrected chi connectivity index (χ3v) is 2.20. The van der Waals surface area contributed by atoms with Crippen molar-refractivity contribution in [3.8, 4) is 23.3 Å². The van der Waals surface area contributed by atoms with E-state index in [1.54, 1.807) is 36.5 Å². The largest absolute Gasteiger partial charge is 0.255 e. The van der Waals surface area contributed by atoms with Gasteiger partial charge in [-0.05, 0) is 35.4 Å². The minimum absolute atomic E-state index is 0.485. The Morgan fingerprint density at radius 1 is 1.12 bits per heavy atom. The second-order valence-corrected chi connectivity index (χ2v) is 3.16. The van der Waals surface area contributed by atoms with E-state index in [-0.39, 0.29) is 0 Å². The first-order valence-corrected chi connectivity index (χ1v) is 4.62. The summed E-state index contributed by atoms with van der Waals surface area (Å²) in [6.45, 7) is 0. The Bertz CT molecular complexity index is 589. The van der Waals surface area contributed by atoms with E-state index in [0.29, 0.717) is 11.1 Å². The van der Waals surface area contributed by atoms with Gasteiger partial charge in [0.25, 0.3) is 0 Å². The van der Waals surface area contributed by atoms with Gasteiger partial charge in [-0.3, -0.25) is 4.98 Å². The van der Waals surface area contributed by atoms with E-state index < -0.39 is 0 Å². The molecule has 3 nitrogen and oxygen atoms in total. The Kier molecular flexibility index (Phi) is 2.63. The van der Waals surface area contributed by atoms with Crippen LogP contribution in [0.25, 0.3) is 11.1 Å². The molecule has 0 spiro atoms. The molecule has 0 fully saturated rings. The van der Waals surface area contributed by atoms with Gasteiger partial charge in [0.2, 0.25) is 0 Å². The van der Waals surface area contributed by atoms with Gasteiger partial charge in [0.15, 0.2) is 0 Å². The van der Waals surface area contributed by atoms with Crippen LogP contribution in [-0.4, -0.2) is 4.98 Å². The molecular formula is C13H6N3. The third kappa shape index (κ3) is 1.75. The maximum absolute atomic E-state index is 9.01. The summed E-state index contributed by atoms with van der Waals surface area (Å²) in [5.41, 5.74) is 2.63. The summed E-state index contributed by atoms with van der Waals surface area (Å²) >= 11 is 0. The van der Waals surface area contributed by atoms with Crippen LogP contribution >= 0.6 is 0 Å². The SMILES string of the molecule is N#Cc1ccc(-c2c[c]ncc2)c(C#N)c1. The Morgan fingerprint density at radius 3 is 2.62 bits per heavy atom. The molecule has 0 atom stereocenters. The van der Waals surface area contributed by atoms with Crippen LogP contribution in [0.1, 0.15) is 11.1 Å². The molecule has 0 aliphatic carbocycles. The zero-order valence-corrected chi connectivity index (χ0v) is 8.31.